The normalized spacial score (nSPS) is 11.3. The summed E-state index contributed by atoms with van der Waals surface area (Å²) in [5.74, 6) is 0.831. The molecular weight excluding hydrogens is 116 g/mol. The van der Waals surface area contributed by atoms with Crippen LogP contribution in [0.4, 0.5) is 0 Å². The van der Waals surface area contributed by atoms with Crippen LogP contribution in [0.1, 0.15) is 33.1 Å². The quantitative estimate of drug-likeness (QED) is 0.560. The Labute approximate surface area is 56.5 Å². The summed E-state index contributed by atoms with van der Waals surface area (Å²) in [4.78, 5) is 0. The van der Waals surface area contributed by atoms with Crippen LogP contribution in [0.25, 0.3) is 0 Å². The minimum absolute atomic E-state index is 0.769. The maximum absolute atomic E-state index is 8.66. The molecule has 0 saturated heterocycles. The molecule has 2 N–H and O–H groups in total. The highest BCUT2D eigenvalue weighted by Crippen LogP contribution is 2.15. The van der Waals surface area contributed by atoms with Crippen molar-refractivity contribution < 1.29 is 10.2 Å². The van der Waals surface area contributed by atoms with Gasteiger partial charge in [-0.2, -0.15) is 0 Å². The van der Waals surface area contributed by atoms with Crippen LogP contribution in [-0.4, -0.2) is 16.5 Å². The number of aliphatic hydroxyl groups excluding tert-OH is 1. The molecule has 55 valence electrons. The molecule has 0 aliphatic carbocycles. The maximum Gasteiger partial charge on any atom is 0.157 e. The van der Waals surface area contributed by atoms with E-state index in [1.54, 1.807) is 0 Å². The molecule has 0 fully saturated rings. The summed E-state index contributed by atoms with van der Waals surface area (Å²) in [6, 6.07) is 0. The van der Waals surface area contributed by atoms with Crippen molar-refractivity contribution in [1.29, 1.82) is 0 Å². The lowest BCUT2D eigenvalue weighted by Gasteiger charge is -2.13. The molecule has 0 spiro atoms. The van der Waals surface area contributed by atoms with E-state index in [-0.39, 0.29) is 0 Å². The molecule has 1 radical (unpaired) electrons. The average Bonchev–Trinajstić information content (AvgIpc) is 1.82. The predicted octanol–water partition coefficient (Wildman–Crippen LogP) is 1.08. The Hall–Kier alpha value is -0.0800. The van der Waals surface area contributed by atoms with E-state index in [1.165, 1.54) is 0 Å². The van der Waals surface area contributed by atoms with E-state index in [4.69, 9.17) is 10.2 Å². The third kappa shape index (κ3) is 3.49. The van der Waals surface area contributed by atoms with Gasteiger partial charge in [0.15, 0.2) is 6.29 Å². The first-order valence-corrected chi connectivity index (χ1v) is 3.43. The van der Waals surface area contributed by atoms with E-state index in [0.29, 0.717) is 0 Å². The summed E-state index contributed by atoms with van der Waals surface area (Å²) < 4.78 is 0. The lowest BCUT2D eigenvalue weighted by atomic mass is 10.0. The van der Waals surface area contributed by atoms with Crippen molar-refractivity contribution in [1.82, 2.24) is 0 Å². The van der Waals surface area contributed by atoms with Gasteiger partial charge < -0.3 is 10.2 Å². The van der Waals surface area contributed by atoms with Gasteiger partial charge in [0.25, 0.3) is 0 Å². The Morgan fingerprint density at radius 1 is 1.33 bits per heavy atom. The molecule has 0 heterocycles. The van der Waals surface area contributed by atoms with Gasteiger partial charge in [-0.25, -0.2) is 0 Å². The van der Waals surface area contributed by atoms with Crippen molar-refractivity contribution in [2.45, 2.75) is 39.4 Å². The van der Waals surface area contributed by atoms with Crippen LogP contribution in [-0.2, 0) is 0 Å². The third-order valence-electron chi connectivity index (χ3n) is 1.39. The van der Waals surface area contributed by atoms with Crippen molar-refractivity contribution >= 4 is 0 Å². The zero-order valence-electron chi connectivity index (χ0n) is 6.09. The largest absolute Gasteiger partial charge is 0.368 e. The standard InChI is InChI=1S/C7H15O2/c1-3-5-6(4-2)7(8)9/h7-9H,3-5H2,1-2H3. The van der Waals surface area contributed by atoms with Crippen molar-refractivity contribution in [2.75, 3.05) is 0 Å². The van der Waals surface area contributed by atoms with Crippen molar-refractivity contribution in [3.8, 4) is 0 Å². The molecule has 0 aromatic carbocycles. The lowest BCUT2D eigenvalue weighted by molar-refractivity contribution is -0.0320. The highest BCUT2D eigenvalue weighted by atomic mass is 16.5. The highest BCUT2D eigenvalue weighted by molar-refractivity contribution is 4.89. The second kappa shape index (κ2) is 4.77. The SMILES string of the molecule is CCC[C](CC)C(O)O. The first-order valence-electron chi connectivity index (χ1n) is 3.43. The smallest absolute Gasteiger partial charge is 0.157 e. The molecule has 0 rings (SSSR count). The summed E-state index contributed by atoms with van der Waals surface area (Å²) in [5, 5.41) is 17.3. The summed E-state index contributed by atoms with van der Waals surface area (Å²) in [5.41, 5.74) is 0. The van der Waals surface area contributed by atoms with Gasteiger partial charge >= 0.3 is 0 Å². The molecule has 0 amide bonds. The first-order chi connectivity index (χ1) is 4.22. The molecular formula is C7H15O2. The Kier molecular flexibility index (Phi) is 4.72. The van der Waals surface area contributed by atoms with Crippen molar-refractivity contribution in [3.05, 3.63) is 5.92 Å². The van der Waals surface area contributed by atoms with Gasteiger partial charge in [0.2, 0.25) is 0 Å². The highest BCUT2D eigenvalue weighted by Gasteiger charge is 2.12. The van der Waals surface area contributed by atoms with Crippen LogP contribution >= 0.6 is 0 Å². The number of aliphatic hydroxyl groups is 2. The predicted molar refractivity (Wildman–Crippen MR) is 36.7 cm³/mol. The number of hydrogen-bond donors (Lipinski definition) is 2. The zero-order chi connectivity index (χ0) is 7.28. The third-order valence-corrected chi connectivity index (χ3v) is 1.39. The van der Waals surface area contributed by atoms with Crippen molar-refractivity contribution in [2.24, 2.45) is 0 Å². The van der Waals surface area contributed by atoms with E-state index in [2.05, 4.69) is 0 Å². The lowest BCUT2D eigenvalue weighted by Crippen LogP contribution is -2.16. The van der Waals surface area contributed by atoms with Gasteiger partial charge in [-0.15, -0.1) is 0 Å². The molecule has 2 nitrogen and oxygen atoms in total. The van der Waals surface area contributed by atoms with Gasteiger partial charge in [0.1, 0.15) is 0 Å². The first kappa shape index (κ1) is 8.92. The van der Waals surface area contributed by atoms with E-state index in [1.807, 2.05) is 13.8 Å². The molecule has 9 heavy (non-hydrogen) atoms. The van der Waals surface area contributed by atoms with Crippen LogP contribution in [0.5, 0.6) is 0 Å². The van der Waals surface area contributed by atoms with Crippen LogP contribution in [0.3, 0.4) is 0 Å². The number of hydrogen-bond acceptors (Lipinski definition) is 2. The average molecular weight is 131 g/mol. The van der Waals surface area contributed by atoms with Gasteiger partial charge in [0, 0.05) is 5.92 Å². The van der Waals surface area contributed by atoms with E-state index in [0.717, 1.165) is 25.2 Å². The second-order valence-corrected chi connectivity index (χ2v) is 2.14. The molecule has 0 aromatic rings. The van der Waals surface area contributed by atoms with Crippen LogP contribution in [0.2, 0.25) is 0 Å². The van der Waals surface area contributed by atoms with Gasteiger partial charge in [-0.3, -0.25) is 0 Å². The number of rotatable bonds is 4. The molecule has 0 aromatic heterocycles. The van der Waals surface area contributed by atoms with Crippen LogP contribution < -0.4 is 0 Å². The molecule has 0 aliphatic heterocycles. The van der Waals surface area contributed by atoms with Crippen LogP contribution in [0, 0.1) is 5.92 Å². The van der Waals surface area contributed by atoms with E-state index >= 15 is 0 Å². The van der Waals surface area contributed by atoms with Gasteiger partial charge in [0.05, 0.1) is 0 Å². The van der Waals surface area contributed by atoms with Gasteiger partial charge in [-0.1, -0.05) is 20.3 Å². The Balaban J connectivity index is 3.41. The summed E-state index contributed by atoms with van der Waals surface area (Å²) in [6.07, 6.45) is 1.38. The maximum atomic E-state index is 8.66. The van der Waals surface area contributed by atoms with Gasteiger partial charge in [-0.05, 0) is 12.8 Å². The summed E-state index contributed by atoms with van der Waals surface area (Å²) >= 11 is 0. The zero-order valence-corrected chi connectivity index (χ0v) is 6.09. The molecule has 0 saturated carbocycles. The molecule has 2 heteroatoms. The molecule has 0 bridgehead atoms. The topological polar surface area (TPSA) is 40.5 Å². The fraction of sp³-hybridized carbons (Fsp3) is 0.857. The van der Waals surface area contributed by atoms with Crippen molar-refractivity contribution in [3.63, 3.8) is 0 Å². The Bertz CT molecular complexity index is 61.9. The Morgan fingerprint density at radius 3 is 2.00 bits per heavy atom. The minimum Gasteiger partial charge on any atom is -0.368 e. The minimum atomic E-state index is -1.20. The monoisotopic (exact) mass is 131 g/mol. The fourth-order valence-electron chi connectivity index (χ4n) is 0.810. The summed E-state index contributed by atoms with van der Waals surface area (Å²) in [7, 11) is 0. The molecule has 0 unspecified atom stereocenters. The molecule has 0 aliphatic rings. The fourth-order valence-corrected chi connectivity index (χ4v) is 0.810. The van der Waals surface area contributed by atoms with E-state index in [9.17, 15) is 0 Å². The Morgan fingerprint density at radius 2 is 1.89 bits per heavy atom. The molecule has 0 atom stereocenters. The summed E-state index contributed by atoms with van der Waals surface area (Å²) in [6.45, 7) is 3.96. The second-order valence-electron chi connectivity index (χ2n) is 2.14. The van der Waals surface area contributed by atoms with Crippen LogP contribution in [0.15, 0.2) is 0 Å². The van der Waals surface area contributed by atoms with E-state index < -0.39 is 6.29 Å².